The van der Waals surface area contributed by atoms with Gasteiger partial charge >= 0.3 is 0 Å². The summed E-state index contributed by atoms with van der Waals surface area (Å²) >= 11 is 4.49. The maximum atomic E-state index is 12.1. The second-order valence-corrected chi connectivity index (χ2v) is 10.5. The zero-order valence-corrected chi connectivity index (χ0v) is 20.6. The number of thioether (sulfide) groups is 2. The molecule has 0 atom stereocenters. The molecule has 3 aromatic carbocycles. The molecule has 0 aliphatic heterocycles. The van der Waals surface area contributed by atoms with Crippen molar-refractivity contribution in [3.05, 3.63) is 102 Å². The predicted octanol–water partition coefficient (Wildman–Crippen LogP) is 5.65. The highest BCUT2D eigenvalue weighted by Crippen LogP contribution is 2.30. The summed E-state index contributed by atoms with van der Waals surface area (Å²) < 4.78 is 7.43. The van der Waals surface area contributed by atoms with Crippen molar-refractivity contribution in [3.63, 3.8) is 0 Å². The van der Waals surface area contributed by atoms with Crippen LogP contribution in [0, 0.1) is 0 Å². The summed E-state index contributed by atoms with van der Waals surface area (Å²) in [5, 5.41) is 12.4. The molecule has 0 bridgehead atoms. The SMILES string of the molecule is O=C(CSc1nnc(SCc2ccccc2)s1)N/N=C\c1ccc(OCc2ccccc2)cc1. The monoisotopic (exact) mass is 506 g/mol. The van der Waals surface area contributed by atoms with Gasteiger partial charge in [-0.1, -0.05) is 95.5 Å². The molecular weight excluding hydrogens is 485 g/mol. The number of benzene rings is 3. The maximum Gasteiger partial charge on any atom is 0.250 e. The first-order chi connectivity index (χ1) is 16.7. The molecule has 4 rings (SSSR count). The molecule has 0 spiro atoms. The van der Waals surface area contributed by atoms with Gasteiger partial charge in [0.25, 0.3) is 5.91 Å². The average molecular weight is 507 g/mol. The van der Waals surface area contributed by atoms with Crippen LogP contribution in [0.4, 0.5) is 0 Å². The van der Waals surface area contributed by atoms with Crippen LogP contribution in [0.5, 0.6) is 5.75 Å². The highest BCUT2D eigenvalue weighted by atomic mass is 32.2. The molecule has 9 heteroatoms. The normalized spacial score (nSPS) is 10.9. The molecule has 6 nitrogen and oxygen atoms in total. The summed E-state index contributed by atoms with van der Waals surface area (Å²) in [7, 11) is 0. The van der Waals surface area contributed by atoms with E-state index in [1.807, 2.05) is 72.8 Å². The molecule has 1 aromatic heterocycles. The molecular formula is C25H22N4O2S3. The van der Waals surface area contributed by atoms with Crippen LogP contribution in [-0.4, -0.2) is 28.1 Å². The van der Waals surface area contributed by atoms with E-state index < -0.39 is 0 Å². The van der Waals surface area contributed by atoms with E-state index >= 15 is 0 Å². The fourth-order valence-corrected chi connectivity index (χ4v) is 5.53. The van der Waals surface area contributed by atoms with E-state index in [9.17, 15) is 4.79 Å². The van der Waals surface area contributed by atoms with E-state index in [4.69, 9.17) is 4.74 Å². The third kappa shape index (κ3) is 8.02. The summed E-state index contributed by atoms with van der Waals surface area (Å²) in [4.78, 5) is 12.1. The van der Waals surface area contributed by atoms with Crippen LogP contribution in [0.2, 0.25) is 0 Å². The van der Waals surface area contributed by atoms with Gasteiger partial charge in [-0.2, -0.15) is 5.10 Å². The Balaban J connectivity index is 1.15. The molecule has 34 heavy (non-hydrogen) atoms. The summed E-state index contributed by atoms with van der Waals surface area (Å²) in [6.07, 6.45) is 1.60. The molecule has 0 radical (unpaired) electrons. The van der Waals surface area contributed by atoms with Gasteiger partial charge in [0.15, 0.2) is 8.68 Å². The molecule has 0 aliphatic carbocycles. The molecule has 0 unspecified atom stereocenters. The maximum absolute atomic E-state index is 12.1. The van der Waals surface area contributed by atoms with Crippen LogP contribution in [-0.2, 0) is 17.2 Å². The molecule has 1 heterocycles. The molecule has 172 valence electrons. The van der Waals surface area contributed by atoms with E-state index in [-0.39, 0.29) is 11.7 Å². The number of carbonyl (C=O) groups is 1. The highest BCUT2D eigenvalue weighted by molar-refractivity contribution is 8.03. The third-order valence-corrected chi connectivity index (χ3v) is 7.71. The van der Waals surface area contributed by atoms with Gasteiger partial charge in [-0.15, -0.1) is 10.2 Å². The van der Waals surface area contributed by atoms with Crippen molar-refractivity contribution in [3.8, 4) is 5.75 Å². The van der Waals surface area contributed by atoms with Gasteiger partial charge in [-0.25, -0.2) is 5.43 Å². The van der Waals surface area contributed by atoms with Gasteiger partial charge in [0, 0.05) is 5.75 Å². The highest BCUT2D eigenvalue weighted by Gasteiger charge is 2.08. The number of hydrogen-bond donors (Lipinski definition) is 1. The van der Waals surface area contributed by atoms with Crippen LogP contribution in [0.1, 0.15) is 16.7 Å². The van der Waals surface area contributed by atoms with Gasteiger partial charge in [-0.3, -0.25) is 4.79 Å². The molecule has 1 N–H and O–H groups in total. The fourth-order valence-electron chi connectivity index (χ4n) is 2.76. The van der Waals surface area contributed by atoms with Crippen molar-refractivity contribution in [2.24, 2.45) is 5.10 Å². The van der Waals surface area contributed by atoms with Crippen molar-refractivity contribution in [2.75, 3.05) is 5.75 Å². The molecule has 0 saturated heterocycles. The van der Waals surface area contributed by atoms with E-state index in [0.717, 1.165) is 31.3 Å². The summed E-state index contributed by atoms with van der Waals surface area (Å²) in [5.41, 5.74) is 5.77. The Morgan fingerprint density at radius 1 is 0.882 bits per heavy atom. The third-order valence-electron chi connectivity index (χ3n) is 4.45. The minimum atomic E-state index is -0.197. The summed E-state index contributed by atoms with van der Waals surface area (Å²) in [6, 6.07) is 27.8. The minimum Gasteiger partial charge on any atom is -0.489 e. The molecule has 0 saturated carbocycles. The Bertz CT molecular complexity index is 1200. The zero-order chi connectivity index (χ0) is 23.4. The lowest BCUT2D eigenvalue weighted by molar-refractivity contribution is -0.118. The first-order valence-corrected chi connectivity index (χ1v) is 13.2. The van der Waals surface area contributed by atoms with Crippen molar-refractivity contribution in [1.82, 2.24) is 15.6 Å². The topological polar surface area (TPSA) is 76.5 Å². The predicted molar refractivity (Wildman–Crippen MR) is 140 cm³/mol. The largest absolute Gasteiger partial charge is 0.489 e. The van der Waals surface area contributed by atoms with Crippen LogP contribution in [0.3, 0.4) is 0 Å². The van der Waals surface area contributed by atoms with Crippen molar-refractivity contribution in [1.29, 1.82) is 0 Å². The van der Waals surface area contributed by atoms with Gasteiger partial charge < -0.3 is 4.74 Å². The first-order valence-electron chi connectivity index (χ1n) is 10.5. The standard InChI is InChI=1S/C25H22N4O2S3/c30-23(18-33-25-29-28-24(34-25)32-17-21-9-5-2-6-10-21)27-26-15-19-11-13-22(14-12-19)31-16-20-7-3-1-4-8-20/h1-15H,16-18H2,(H,27,30)/b26-15-. The van der Waals surface area contributed by atoms with Gasteiger partial charge in [-0.05, 0) is 41.0 Å². The number of hydrogen-bond acceptors (Lipinski definition) is 8. The number of hydrazone groups is 1. The quantitative estimate of drug-likeness (QED) is 0.161. The van der Waals surface area contributed by atoms with Gasteiger partial charge in [0.2, 0.25) is 0 Å². The second kappa shape index (κ2) is 12.9. The number of nitrogens with zero attached hydrogens (tertiary/aromatic N) is 3. The number of rotatable bonds is 11. The van der Waals surface area contributed by atoms with Crippen molar-refractivity contribution < 1.29 is 9.53 Å². The van der Waals surface area contributed by atoms with E-state index in [1.165, 1.54) is 28.7 Å². The molecule has 0 fully saturated rings. The van der Waals surface area contributed by atoms with Crippen molar-refractivity contribution in [2.45, 2.75) is 21.0 Å². The first kappa shape index (κ1) is 24.0. The average Bonchev–Trinajstić information content (AvgIpc) is 3.35. The number of carbonyl (C=O) groups excluding carboxylic acids is 1. The van der Waals surface area contributed by atoms with Crippen LogP contribution in [0.15, 0.2) is 98.7 Å². The zero-order valence-electron chi connectivity index (χ0n) is 18.2. The minimum absolute atomic E-state index is 0.197. The smallest absolute Gasteiger partial charge is 0.250 e. The van der Waals surface area contributed by atoms with E-state index in [2.05, 4.69) is 32.9 Å². The molecule has 4 aromatic rings. The lowest BCUT2D eigenvalue weighted by Crippen LogP contribution is -2.19. The van der Waals surface area contributed by atoms with Gasteiger partial charge in [0.1, 0.15) is 12.4 Å². The summed E-state index contributed by atoms with van der Waals surface area (Å²) in [5.74, 6) is 1.65. The molecule has 0 aliphatic rings. The second-order valence-electron chi connectivity index (χ2n) is 7.03. The molecule has 1 amide bonds. The van der Waals surface area contributed by atoms with E-state index in [1.54, 1.807) is 18.0 Å². The number of aromatic nitrogens is 2. The van der Waals surface area contributed by atoms with Crippen LogP contribution < -0.4 is 10.2 Å². The Kier molecular flexibility index (Phi) is 9.13. The Hall–Kier alpha value is -3.14. The Labute approximate surface area is 210 Å². The summed E-state index contributed by atoms with van der Waals surface area (Å²) in [6.45, 7) is 0.518. The number of ether oxygens (including phenoxy) is 1. The Morgan fingerprint density at radius 3 is 2.24 bits per heavy atom. The lowest BCUT2D eigenvalue weighted by atomic mass is 10.2. The van der Waals surface area contributed by atoms with Crippen LogP contribution in [0.25, 0.3) is 0 Å². The fraction of sp³-hybridized carbons (Fsp3) is 0.120. The van der Waals surface area contributed by atoms with Crippen LogP contribution >= 0.6 is 34.9 Å². The van der Waals surface area contributed by atoms with E-state index in [0.29, 0.717) is 6.61 Å². The number of nitrogens with one attached hydrogen (secondary N) is 1. The lowest BCUT2D eigenvalue weighted by Gasteiger charge is -2.06. The van der Waals surface area contributed by atoms with Crippen molar-refractivity contribution >= 4 is 47.0 Å². The Morgan fingerprint density at radius 2 is 1.53 bits per heavy atom. The number of amides is 1. The van der Waals surface area contributed by atoms with Gasteiger partial charge in [0.05, 0.1) is 12.0 Å².